The van der Waals surface area contributed by atoms with Crippen molar-refractivity contribution in [2.45, 2.75) is 24.3 Å². The minimum absolute atomic E-state index is 0. The van der Waals surface area contributed by atoms with Crippen molar-refractivity contribution in [3.05, 3.63) is 47.2 Å². The molecule has 1 N–H and O–H groups in total. The zero-order valence-corrected chi connectivity index (χ0v) is 19.1. The Bertz CT molecular complexity index is 945. The second-order valence-electron chi connectivity index (χ2n) is 6.39. The summed E-state index contributed by atoms with van der Waals surface area (Å²) >= 11 is 1.23. The molecule has 1 aromatic rings. The van der Waals surface area contributed by atoms with Crippen molar-refractivity contribution in [2.24, 2.45) is 0 Å². The van der Waals surface area contributed by atoms with E-state index in [0.717, 1.165) is 4.90 Å². The fraction of sp³-hybridized carbons (Fsp3) is 0.316. The van der Waals surface area contributed by atoms with E-state index in [9.17, 15) is 29.5 Å². The molecule has 3 atom stereocenters. The summed E-state index contributed by atoms with van der Waals surface area (Å²) < 4.78 is 4.85. The van der Waals surface area contributed by atoms with Crippen molar-refractivity contribution in [2.75, 3.05) is 12.4 Å². The fourth-order valence-corrected chi connectivity index (χ4v) is 4.47. The number of aliphatic carboxylic acids is 1. The molecule has 0 aliphatic carbocycles. The van der Waals surface area contributed by atoms with Gasteiger partial charge in [-0.15, -0.1) is 11.8 Å². The second kappa shape index (κ2) is 10.1. The third kappa shape index (κ3) is 4.70. The van der Waals surface area contributed by atoms with E-state index < -0.39 is 41.1 Å². The first-order valence-corrected chi connectivity index (χ1v) is 9.66. The Morgan fingerprint density at radius 1 is 1.37 bits per heavy atom. The number of carboxylic acid groups (broad SMARTS) is 1. The Hall–Kier alpha value is -2.32. The molecular formula is C19H16N3NaO6S. The van der Waals surface area contributed by atoms with Gasteiger partial charge in [0.15, 0.2) is 0 Å². The smallest absolute Gasteiger partial charge is 0.543 e. The quantitative estimate of drug-likeness (QED) is 0.272. The van der Waals surface area contributed by atoms with Gasteiger partial charge in [0.25, 0.3) is 5.91 Å². The number of ether oxygens (including phenoxy) is 1. The van der Waals surface area contributed by atoms with Crippen LogP contribution < -0.4 is 40.0 Å². The molecule has 3 unspecified atom stereocenters. The van der Waals surface area contributed by atoms with Crippen LogP contribution in [-0.4, -0.2) is 52.4 Å². The number of carboxylic acids is 1. The number of nitrogens with zero attached hydrogens (tertiary/aromatic N) is 2. The molecule has 2 aliphatic heterocycles. The number of amides is 2. The van der Waals surface area contributed by atoms with Crippen molar-refractivity contribution >= 4 is 35.5 Å². The van der Waals surface area contributed by atoms with Gasteiger partial charge >= 0.3 is 35.5 Å². The average Bonchev–Trinajstić information content (AvgIpc) is 2.70. The molecule has 0 radical (unpaired) electrons. The summed E-state index contributed by atoms with van der Waals surface area (Å²) in [6, 6.07) is 9.37. The summed E-state index contributed by atoms with van der Waals surface area (Å²) in [5, 5.41) is 22.8. The molecular weight excluding hydrogens is 421 g/mol. The fourth-order valence-electron chi connectivity index (χ4n) is 3.14. The molecule has 1 fully saturated rings. The van der Waals surface area contributed by atoms with Gasteiger partial charge in [0.1, 0.15) is 23.9 Å². The van der Waals surface area contributed by atoms with E-state index >= 15 is 0 Å². The van der Waals surface area contributed by atoms with E-state index in [4.69, 9.17) is 4.74 Å². The number of nitrogens with one attached hydrogen (secondary N) is 1. The van der Waals surface area contributed by atoms with Crippen LogP contribution in [0.15, 0.2) is 41.6 Å². The van der Waals surface area contributed by atoms with Gasteiger partial charge in [-0.1, -0.05) is 30.3 Å². The van der Waals surface area contributed by atoms with Crippen LogP contribution in [0.25, 0.3) is 0 Å². The molecule has 0 spiro atoms. The Kier molecular flexibility index (Phi) is 8.09. The SMILES string of the molecule is CC(=O)OCC1=C(C(=O)[O-])N2C(=O)C(NC(=O)C(C#N)c3ccccc3)C2SC1.[Na+]. The number of carbonyl (C=O) groups is 4. The molecule has 2 aliphatic rings. The van der Waals surface area contributed by atoms with Crippen LogP contribution in [0.4, 0.5) is 0 Å². The van der Waals surface area contributed by atoms with E-state index in [2.05, 4.69) is 5.32 Å². The number of β-lactam (4-membered cyclic amide) rings is 1. The monoisotopic (exact) mass is 437 g/mol. The van der Waals surface area contributed by atoms with Crippen molar-refractivity contribution in [1.29, 1.82) is 5.26 Å². The van der Waals surface area contributed by atoms with Gasteiger partial charge < -0.3 is 20.0 Å². The normalized spacial score (nSPS) is 20.7. The molecule has 1 saturated heterocycles. The Labute approximate surface area is 198 Å². The molecule has 0 aromatic heterocycles. The topological polar surface area (TPSA) is 140 Å². The minimum Gasteiger partial charge on any atom is -0.543 e. The van der Waals surface area contributed by atoms with Crippen molar-refractivity contribution in [1.82, 2.24) is 10.2 Å². The molecule has 2 amide bonds. The summed E-state index contributed by atoms with van der Waals surface area (Å²) in [4.78, 5) is 48.7. The number of fused-ring (bicyclic) bond motifs is 1. The maximum Gasteiger partial charge on any atom is 1.00 e. The van der Waals surface area contributed by atoms with Crippen molar-refractivity contribution in [3.8, 4) is 6.07 Å². The standard InChI is InChI=1S/C19H17N3O6S.Na/c1-10(23)28-8-12-9-29-18-14(17(25)22(18)15(12)19(26)27)21-16(24)13(7-20)11-5-3-2-4-6-11;/h2-6,13-14,18H,8-9H2,1H3,(H,21,24)(H,26,27);/q;+1/p-1. The van der Waals surface area contributed by atoms with Gasteiger partial charge in [-0.2, -0.15) is 5.26 Å². The number of nitriles is 1. The average molecular weight is 437 g/mol. The van der Waals surface area contributed by atoms with E-state index in [1.54, 1.807) is 30.3 Å². The van der Waals surface area contributed by atoms with E-state index in [-0.39, 0.29) is 53.2 Å². The molecule has 1 aromatic carbocycles. The van der Waals surface area contributed by atoms with Gasteiger partial charge in [-0.3, -0.25) is 19.3 Å². The first-order valence-electron chi connectivity index (χ1n) is 8.61. The number of carbonyl (C=O) groups excluding carboxylic acids is 4. The predicted molar refractivity (Wildman–Crippen MR) is 98.5 cm³/mol. The maximum absolute atomic E-state index is 12.6. The van der Waals surface area contributed by atoms with Crippen LogP contribution >= 0.6 is 11.8 Å². The molecule has 0 bridgehead atoms. The maximum atomic E-state index is 12.6. The summed E-state index contributed by atoms with van der Waals surface area (Å²) in [6.45, 7) is 0.931. The third-order valence-electron chi connectivity index (χ3n) is 4.51. The number of benzene rings is 1. The van der Waals surface area contributed by atoms with E-state index in [1.807, 2.05) is 6.07 Å². The number of rotatable bonds is 6. The van der Waals surface area contributed by atoms with Crippen LogP contribution in [0.2, 0.25) is 0 Å². The van der Waals surface area contributed by atoms with Crippen LogP contribution in [0, 0.1) is 11.3 Å². The van der Waals surface area contributed by atoms with E-state index in [1.165, 1.54) is 18.7 Å². The molecule has 30 heavy (non-hydrogen) atoms. The number of hydrogen-bond acceptors (Lipinski definition) is 8. The van der Waals surface area contributed by atoms with Crippen LogP contribution in [-0.2, 0) is 23.9 Å². The van der Waals surface area contributed by atoms with Gasteiger partial charge in [0.2, 0.25) is 5.91 Å². The predicted octanol–water partition coefficient (Wildman–Crippen LogP) is -3.74. The summed E-state index contributed by atoms with van der Waals surface area (Å²) in [7, 11) is 0. The Morgan fingerprint density at radius 2 is 2.03 bits per heavy atom. The van der Waals surface area contributed by atoms with Crippen LogP contribution in [0.5, 0.6) is 0 Å². The van der Waals surface area contributed by atoms with Gasteiger partial charge in [-0.25, -0.2) is 0 Å². The zero-order valence-electron chi connectivity index (χ0n) is 16.3. The van der Waals surface area contributed by atoms with Gasteiger partial charge in [0, 0.05) is 18.2 Å². The Morgan fingerprint density at radius 3 is 2.60 bits per heavy atom. The molecule has 150 valence electrons. The summed E-state index contributed by atoms with van der Waals surface area (Å²) in [5.74, 6) is -4.30. The van der Waals surface area contributed by atoms with E-state index in [0.29, 0.717) is 5.56 Å². The largest absolute Gasteiger partial charge is 1.00 e. The van der Waals surface area contributed by atoms with Crippen molar-refractivity contribution < 1.29 is 58.6 Å². The van der Waals surface area contributed by atoms with Gasteiger partial charge in [-0.05, 0) is 5.56 Å². The molecule has 3 rings (SSSR count). The summed E-state index contributed by atoms with van der Waals surface area (Å²) in [5.41, 5.74) is 0.399. The summed E-state index contributed by atoms with van der Waals surface area (Å²) in [6.07, 6.45) is 0. The van der Waals surface area contributed by atoms with Crippen LogP contribution in [0.1, 0.15) is 18.4 Å². The number of thioether (sulfide) groups is 1. The first kappa shape index (κ1) is 24.0. The minimum atomic E-state index is -1.56. The molecule has 2 heterocycles. The second-order valence-corrected chi connectivity index (χ2v) is 7.49. The molecule has 9 nitrogen and oxygen atoms in total. The van der Waals surface area contributed by atoms with Crippen LogP contribution in [0.3, 0.4) is 0 Å². The number of esters is 1. The zero-order chi connectivity index (χ0) is 21.1. The molecule has 0 saturated carbocycles. The number of hydrogen-bond donors (Lipinski definition) is 1. The van der Waals surface area contributed by atoms with Crippen molar-refractivity contribution in [3.63, 3.8) is 0 Å². The van der Waals surface area contributed by atoms with Gasteiger partial charge in [0.05, 0.1) is 17.7 Å². The first-order chi connectivity index (χ1) is 13.8. The Balaban J connectivity index is 0.00000320. The molecule has 11 heteroatoms. The third-order valence-corrected chi connectivity index (χ3v) is 5.85.